The fraction of sp³-hybridized carbons (Fsp3) is 0. The average Bonchev–Trinajstić information content (AvgIpc) is 2.89. The maximum Gasteiger partial charge on any atom is 0.312 e. The summed E-state index contributed by atoms with van der Waals surface area (Å²) in [6, 6.07) is 17.8. The molecule has 0 saturated heterocycles. The Morgan fingerprint density at radius 1 is 0.447 bits per heavy atom. The highest BCUT2D eigenvalue weighted by molar-refractivity contribution is 5.73. The van der Waals surface area contributed by atoms with Gasteiger partial charge < -0.3 is 9.47 Å². The molecule has 0 spiro atoms. The van der Waals surface area contributed by atoms with E-state index in [1.807, 2.05) is 0 Å². The van der Waals surface area contributed by atoms with Gasteiger partial charge in [-0.3, -0.25) is 40.5 Å². The Bertz CT molecular complexity index is 1450. The summed E-state index contributed by atoms with van der Waals surface area (Å²) in [6.07, 6.45) is 0. The molecule has 38 heavy (non-hydrogen) atoms. The smallest absolute Gasteiger partial charge is 0.312 e. The predicted octanol–water partition coefficient (Wildman–Crippen LogP) is 6.57. The average molecular weight is 518 g/mol. The van der Waals surface area contributed by atoms with Gasteiger partial charge in [0.05, 0.1) is 19.7 Å². The number of nitrogens with zero attached hydrogens (tertiary/aromatic N) is 4. The zero-order valence-corrected chi connectivity index (χ0v) is 19.0. The van der Waals surface area contributed by atoms with Gasteiger partial charge in [-0.2, -0.15) is 0 Å². The van der Waals surface area contributed by atoms with E-state index in [-0.39, 0.29) is 45.5 Å². The summed E-state index contributed by atoms with van der Waals surface area (Å²) in [7, 11) is 0. The molecule has 0 aromatic heterocycles. The van der Waals surface area contributed by atoms with Crippen molar-refractivity contribution in [3.63, 3.8) is 0 Å². The van der Waals surface area contributed by atoms with Crippen LogP contribution in [0.5, 0.6) is 23.0 Å². The van der Waals surface area contributed by atoms with Gasteiger partial charge in [0.1, 0.15) is 11.5 Å². The van der Waals surface area contributed by atoms with Crippen LogP contribution in [0.3, 0.4) is 0 Å². The van der Waals surface area contributed by atoms with E-state index in [4.69, 9.17) is 9.47 Å². The lowest BCUT2D eigenvalue weighted by Crippen LogP contribution is -1.96. The first kappa shape index (κ1) is 25.2. The van der Waals surface area contributed by atoms with Gasteiger partial charge in [0.2, 0.25) is 11.5 Å². The number of nitro groups is 4. The van der Waals surface area contributed by atoms with Gasteiger partial charge in [-0.15, -0.1) is 0 Å². The Kier molecular flexibility index (Phi) is 6.87. The lowest BCUT2D eigenvalue weighted by molar-refractivity contribution is -0.385. The molecule has 0 bridgehead atoms. The van der Waals surface area contributed by atoms with Crippen LogP contribution in [0.1, 0.15) is 0 Å². The van der Waals surface area contributed by atoms with Crippen molar-refractivity contribution in [2.45, 2.75) is 0 Å². The van der Waals surface area contributed by atoms with E-state index < -0.39 is 31.1 Å². The Morgan fingerprint density at radius 3 is 1.08 bits per heavy atom. The molecule has 0 saturated carbocycles. The van der Waals surface area contributed by atoms with Crippen molar-refractivity contribution in [3.8, 4) is 34.1 Å². The molecule has 0 fully saturated rings. The number of non-ortho nitro benzene ring substituents is 2. The van der Waals surface area contributed by atoms with Crippen LogP contribution in [0.25, 0.3) is 11.1 Å². The van der Waals surface area contributed by atoms with Gasteiger partial charge in [-0.1, -0.05) is 12.1 Å². The normalized spacial score (nSPS) is 10.4. The minimum atomic E-state index is -0.690. The maximum atomic E-state index is 11.7. The molecule has 0 unspecified atom stereocenters. The van der Waals surface area contributed by atoms with Crippen LogP contribution in [0, 0.1) is 40.5 Å². The fourth-order valence-electron chi connectivity index (χ4n) is 3.38. The Morgan fingerprint density at radius 2 is 0.789 bits per heavy atom. The summed E-state index contributed by atoms with van der Waals surface area (Å²) in [6.45, 7) is 0. The highest BCUT2D eigenvalue weighted by Gasteiger charge is 2.21. The summed E-state index contributed by atoms with van der Waals surface area (Å²) >= 11 is 0. The van der Waals surface area contributed by atoms with Gasteiger partial charge in [0, 0.05) is 36.4 Å². The molecule has 0 heterocycles. The van der Waals surface area contributed by atoms with Gasteiger partial charge in [-0.25, -0.2) is 0 Å². The van der Waals surface area contributed by atoms with E-state index in [1.54, 1.807) is 0 Å². The van der Waals surface area contributed by atoms with Crippen molar-refractivity contribution in [3.05, 3.63) is 125 Å². The third kappa shape index (κ3) is 5.49. The van der Waals surface area contributed by atoms with E-state index in [1.165, 1.54) is 84.9 Å². The van der Waals surface area contributed by atoms with Gasteiger partial charge in [0.15, 0.2) is 0 Å². The molecular formula is C24H14N4O10. The van der Waals surface area contributed by atoms with Gasteiger partial charge >= 0.3 is 11.4 Å². The van der Waals surface area contributed by atoms with E-state index in [2.05, 4.69) is 0 Å². The first-order valence-electron chi connectivity index (χ1n) is 10.5. The van der Waals surface area contributed by atoms with Crippen molar-refractivity contribution in [1.29, 1.82) is 0 Å². The zero-order chi connectivity index (χ0) is 27.4. The zero-order valence-electron chi connectivity index (χ0n) is 19.0. The number of nitro benzene ring substituents is 4. The van der Waals surface area contributed by atoms with Crippen LogP contribution in [0.15, 0.2) is 84.9 Å². The molecule has 4 aromatic rings. The third-order valence-corrected chi connectivity index (χ3v) is 5.20. The van der Waals surface area contributed by atoms with Gasteiger partial charge in [0.25, 0.3) is 11.4 Å². The van der Waals surface area contributed by atoms with Crippen LogP contribution in [0.2, 0.25) is 0 Å². The third-order valence-electron chi connectivity index (χ3n) is 5.20. The van der Waals surface area contributed by atoms with Crippen LogP contribution in [-0.4, -0.2) is 19.7 Å². The van der Waals surface area contributed by atoms with Crippen LogP contribution in [-0.2, 0) is 0 Å². The molecule has 0 aliphatic heterocycles. The molecule has 14 nitrogen and oxygen atoms in total. The number of rotatable bonds is 9. The van der Waals surface area contributed by atoms with Crippen molar-refractivity contribution in [2.24, 2.45) is 0 Å². The highest BCUT2D eigenvalue weighted by atomic mass is 16.6. The second kappa shape index (κ2) is 10.4. The van der Waals surface area contributed by atoms with Crippen molar-refractivity contribution >= 4 is 22.7 Å². The van der Waals surface area contributed by atoms with Crippen LogP contribution in [0.4, 0.5) is 22.7 Å². The summed E-state index contributed by atoms with van der Waals surface area (Å²) in [5, 5.41) is 45.0. The second-order valence-corrected chi connectivity index (χ2v) is 7.59. The number of hydrogen-bond acceptors (Lipinski definition) is 10. The minimum absolute atomic E-state index is 0.134. The second-order valence-electron chi connectivity index (χ2n) is 7.59. The fourth-order valence-corrected chi connectivity index (χ4v) is 3.38. The maximum absolute atomic E-state index is 11.7. The number of hydrogen-bond donors (Lipinski definition) is 0. The van der Waals surface area contributed by atoms with Crippen molar-refractivity contribution in [2.75, 3.05) is 0 Å². The first-order valence-corrected chi connectivity index (χ1v) is 10.5. The summed E-state index contributed by atoms with van der Waals surface area (Å²) < 4.78 is 11.1. The Hall–Kier alpha value is -5.92. The quantitative estimate of drug-likeness (QED) is 0.173. The topological polar surface area (TPSA) is 191 Å². The molecule has 0 atom stereocenters. The predicted molar refractivity (Wildman–Crippen MR) is 132 cm³/mol. The molecule has 0 N–H and O–H groups in total. The molecule has 4 rings (SSSR count). The van der Waals surface area contributed by atoms with Crippen molar-refractivity contribution < 1.29 is 29.2 Å². The monoisotopic (exact) mass is 518 g/mol. The summed E-state index contributed by atoms with van der Waals surface area (Å²) in [5.74, 6) is -0.00915. The summed E-state index contributed by atoms with van der Waals surface area (Å²) in [5.41, 5.74) is -0.672. The molecule has 0 radical (unpaired) electrons. The lowest BCUT2D eigenvalue weighted by atomic mass is 10.0. The standard InChI is InChI=1S/C24H14N4O10/c29-25(30)17-3-7-19(8-4-17)37-23-11-1-15(13-21(23)27(33)34)16-2-12-24(22(14-16)28(35)36)38-20-9-5-18(6-10-20)26(31)32/h1-14H. The van der Waals surface area contributed by atoms with Crippen molar-refractivity contribution in [1.82, 2.24) is 0 Å². The van der Waals surface area contributed by atoms with E-state index >= 15 is 0 Å². The van der Waals surface area contributed by atoms with Crippen LogP contribution < -0.4 is 9.47 Å². The SMILES string of the molecule is O=[N+]([O-])c1ccc(Oc2ccc(-c3ccc(Oc4ccc([N+](=O)[O-])cc4)c([N+](=O)[O-])c3)cc2[N+](=O)[O-])cc1. The molecule has 0 aliphatic rings. The largest absolute Gasteiger partial charge is 0.450 e. The number of ether oxygens (including phenoxy) is 2. The molecule has 14 heteroatoms. The van der Waals surface area contributed by atoms with E-state index in [0.29, 0.717) is 0 Å². The lowest BCUT2D eigenvalue weighted by Gasteiger charge is -2.10. The van der Waals surface area contributed by atoms with E-state index in [0.717, 1.165) is 0 Å². The summed E-state index contributed by atoms with van der Waals surface area (Å²) in [4.78, 5) is 42.4. The molecular weight excluding hydrogens is 504 g/mol. The highest BCUT2D eigenvalue weighted by Crippen LogP contribution is 2.39. The molecule has 4 aromatic carbocycles. The van der Waals surface area contributed by atoms with E-state index in [9.17, 15) is 40.5 Å². The Labute approximate surface area is 211 Å². The van der Waals surface area contributed by atoms with Crippen LogP contribution >= 0.6 is 0 Å². The number of benzene rings is 4. The molecule has 0 amide bonds. The molecule has 0 aliphatic carbocycles. The Balaban J connectivity index is 1.63. The van der Waals surface area contributed by atoms with Gasteiger partial charge in [-0.05, 0) is 47.5 Å². The minimum Gasteiger partial charge on any atom is -0.450 e. The molecule has 190 valence electrons. The first-order chi connectivity index (χ1) is 18.1.